The van der Waals surface area contributed by atoms with E-state index in [9.17, 15) is 4.79 Å². The van der Waals surface area contributed by atoms with Crippen LogP contribution in [0.4, 0.5) is 0 Å². The zero-order valence-electron chi connectivity index (χ0n) is 8.08. The Hall–Kier alpha value is -0.630. The summed E-state index contributed by atoms with van der Waals surface area (Å²) in [5.74, 6) is 0.869. The second-order valence-electron chi connectivity index (χ2n) is 3.83. The molecule has 2 nitrogen and oxygen atoms in total. The van der Waals surface area contributed by atoms with Crippen LogP contribution in [0.25, 0.3) is 0 Å². The van der Waals surface area contributed by atoms with Gasteiger partial charge in [-0.3, -0.25) is 9.69 Å². The maximum Gasteiger partial charge on any atom is 0.172 e. The van der Waals surface area contributed by atoms with E-state index >= 15 is 0 Å². The molecule has 0 aromatic carbocycles. The average molecular weight is 167 g/mol. The van der Waals surface area contributed by atoms with Crippen LogP contribution in [-0.4, -0.2) is 29.8 Å². The molecule has 0 aromatic heterocycles. The molecule has 12 heavy (non-hydrogen) atoms. The largest absolute Gasteiger partial charge is 0.293 e. The summed E-state index contributed by atoms with van der Waals surface area (Å²) in [5, 5.41) is 0. The van der Waals surface area contributed by atoms with Crippen molar-refractivity contribution < 1.29 is 4.79 Å². The van der Waals surface area contributed by atoms with E-state index in [1.807, 2.05) is 13.0 Å². The van der Waals surface area contributed by atoms with Gasteiger partial charge in [-0.15, -0.1) is 0 Å². The Morgan fingerprint density at radius 3 is 2.92 bits per heavy atom. The highest BCUT2D eigenvalue weighted by Crippen LogP contribution is 2.09. The predicted molar refractivity (Wildman–Crippen MR) is 50.0 cm³/mol. The maximum atomic E-state index is 11.3. The number of ketones is 1. The molecule has 0 N–H and O–H groups in total. The van der Waals surface area contributed by atoms with Crippen molar-refractivity contribution in [1.29, 1.82) is 0 Å². The van der Waals surface area contributed by atoms with Gasteiger partial charge < -0.3 is 0 Å². The normalized spacial score (nSPS) is 25.3. The number of carbonyl (C=O) groups is 1. The van der Waals surface area contributed by atoms with Crippen LogP contribution in [0.3, 0.4) is 0 Å². The van der Waals surface area contributed by atoms with Crippen molar-refractivity contribution in [3.63, 3.8) is 0 Å². The highest BCUT2D eigenvalue weighted by molar-refractivity contribution is 5.94. The van der Waals surface area contributed by atoms with Crippen molar-refractivity contribution in [3.05, 3.63) is 12.2 Å². The van der Waals surface area contributed by atoms with Crippen LogP contribution >= 0.6 is 0 Å². The lowest BCUT2D eigenvalue weighted by atomic mass is 10.1. The van der Waals surface area contributed by atoms with E-state index in [4.69, 9.17) is 0 Å². The van der Waals surface area contributed by atoms with Crippen LogP contribution in [0, 0.1) is 5.92 Å². The van der Waals surface area contributed by atoms with E-state index in [1.165, 1.54) is 0 Å². The standard InChI is InChI=1S/C10H17NO/c1-8(2)7-11-6-4-5-10(12)9(11)3/h4-5,8-9H,6-7H2,1-3H3. The van der Waals surface area contributed by atoms with Crippen LogP contribution in [0.15, 0.2) is 12.2 Å². The number of nitrogens with zero attached hydrogens (tertiary/aromatic N) is 1. The van der Waals surface area contributed by atoms with Gasteiger partial charge in [0.05, 0.1) is 6.04 Å². The third kappa shape index (κ3) is 2.18. The molecule has 1 rings (SSSR count). The molecule has 0 saturated heterocycles. The van der Waals surface area contributed by atoms with Crippen molar-refractivity contribution >= 4 is 5.78 Å². The Morgan fingerprint density at radius 2 is 2.33 bits per heavy atom. The topological polar surface area (TPSA) is 20.3 Å². The minimum atomic E-state index is 0.0809. The average Bonchev–Trinajstić information content (AvgIpc) is 1.98. The summed E-state index contributed by atoms with van der Waals surface area (Å²) in [6.07, 6.45) is 3.65. The maximum absolute atomic E-state index is 11.3. The fraction of sp³-hybridized carbons (Fsp3) is 0.700. The third-order valence-corrected chi connectivity index (χ3v) is 2.18. The van der Waals surface area contributed by atoms with Gasteiger partial charge in [-0.05, 0) is 18.9 Å². The fourth-order valence-electron chi connectivity index (χ4n) is 1.48. The molecule has 2 heteroatoms. The van der Waals surface area contributed by atoms with Crippen LogP contribution in [0.2, 0.25) is 0 Å². The summed E-state index contributed by atoms with van der Waals surface area (Å²) in [5.41, 5.74) is 0. The molecule has 0 amide bonds. The first-order valence-corrected chi connectivity index (χ1v) is 4.55. The summed E-state index contributed by atoms with van der Waals surface area (Å²) >= 11 is 0. The van der Waals surface area contributed by atoms with E-state index in [1.54, 1.807) is 6.08 Å². The molecule has 1 atom stereocenters. The zero-order valence-corrected chi connectivity index (χ0v) is 8.08. The van der Waals surface area contributed by atoms with Gasteiger partial charge in [0, 0.05) is 13.1 Å². The van der Waals surface area contributed by atoms with Crippen molar-refractivity contribution in [2.75, 3.05) is 13.1 Å². The highest BCUT2D eigenvalue weighted by atomic mass is 16.1. The second-order valence-corrected chi connectivity index (χ2v) is 3.83. The van der Waals surface area contributed by atoms with Gasteiger partial charge in [-0.1, -0.05) is 19.9 Å². The molecule has 1 unspecified atom stereocenters. The molecule has 68 valence electrons. The van der Waals surface area contributed by atoms with Crippen molar-refractivity contribution in [3.8, 4) is 0 Å². The lowest BCUT2D eigenvalue weighted by molar-refractivity contribution is -0.119. The quantitative estimate of drug-likeness (QED) is 0.620. The lowest BCUT2D eigenvalue weighted by Gasteiger charge is -2.30. The minimum Gasteiger partial charge on any atom is -0.293 e. The van der Waals surface area contributed by atoms with Crippen molar-refractivity contribution in [1.82, 2.24) is 4.90 Å². The molecule has 1 heterocycles. The molecule has 0 fully saturated rings. The van der Waals surface area contributed by atoms with Crippen LogP contribution in [0.5, 0.6) is 0 Å². The molecular weight excluding hydrogens is 150 g/mol. The first-order valence-electron chi connectivity index (χ1n) is 4.55. The van der Waals surface area contributed by atoms with Gasteiger partial charge >= 0.3 is 0 Å². The Labute approximate surface area is 74.2 Å². The summed E-state index contributed by atoms with van der Waals surface area (Å²) in [6.45, 7) is 8.27. The molecule has 0 radical (unpaired) electrons. The monoisotopic (exact) mass is 167 g/mol. The van der Waals surface area contributed by atoms with E-state index in [0.717, 1.165) is 13.1 Å². The first kappa shape index (κ1) is 9.46. The van der Waals surface area contributed by atoms with Gasteiger partial charge in [0.2, 0.25) is 0 Å². The molecule has 0 aromatic rings. The van der Waals surface area contributed by atoms with Gasteiger partial charge in [0.25, 0.3) is 0 Å². The summed E-state index contributed by atoms with van der Waals surface area (Å²) in [4.78, 5) is 13.5. The smallest absolute Gasteiger partial charge is 0.172 e. The van der Waals surface area contributed by atoms with E-state index < -0.39 is 0 Å². The highest BCUT2D eigenvalue weighted by Gasteiger charge is 2.21. The van der Waals surface area contributed by atoms with Gasteiger partial charge in [0.1, 0.15) is 0 Å². The number of carbonyl (C=O) groups excluding carboxylic acids is 1. The second kappa shape index (κ2) is 3.85. The Kier molecular flexibility index (Phi) is 3.04. The Morgan fingerprint density at radius 1 is 1.67 bits per heavy atom. The van der Waals surface area contributed by atoms with Gasteiger partial charge in [-0.25, -0.2) is 0 Å². The summed E-state index contributed by atoms with van der Waals surface area (Å²) in [7, 11) is 0. The Bertz CT molecular complexity index is 196. The number of rotatable bonds is 2. The van der Waals surface area contributed by atoms with Crippen molar-refractivity contribution in [2.45, 2.75) is 26.8 Å². The molecule has 0 spiro atoms. The lowest BCUT2D eigenvalue weighted by Crippen LogP contribution is -2.42. The number of hydrogen-bond donors (Lipinski definition) is 0. The third-order valence-electron chi connectivity index (χ3n) is 2.18. The summed E-state index contributed by atoms with van der Waals surface area (Å²) < 4.78 is 0. The molecule has 1 aliphatic rings. The SMILES string of the molecule is CC(C)CN1CC=CC(=O)C1C. The van der Waals surface area contributed by atoms with Crippen LogP contribution in [0.1, 0.15) is 20.8 Å². The predicted octanol–water partition coefficient (Wildman–Crippen LogP) is 1.47. The fourth-order valence-corrected chi connectivity index (χ4v) is 1.48. The molecule has 0 aliphatic carbocycles. The molecular formula is C10H17NO. The Balaban J connectivity index is 2.55. The summed E-state index contributed by atoms with van der Waals surface area (Å²) in [6, 6.07) is 0.0809. The van der Waals surface area contributed by atoms with Gasteiger partial charge in [0.15, 0.2) is 5.78 Å². The molecule has 0 bridgehead atoms. The first-order chi connectivity index (χ1) is 5.61. The number of hydrogen-bond acceptors (Lipinski definition) is 2. The van der Waals surface area contributed by atoms with Crippen molar-refractivity contribution in [2.24, 2.45) is 5.92 Å². The van der Waals surface area contributed by atoms with Gasteiger partial charge in [-0.2, -0.15) is 0 Å². The van der Waals surface area contributed by atoms with Crippen LogP contribution in [-0.2, 0) is 4.79 Å². The molecule has 0 saturated carbocycles. The van der Waals surface area contributed by atoms with E-state index in [2.05, 4.69) is 18.7 Å². The minimum absolute atomic E-state index is 0.0809. The molecule has 1 aliphatic heterocycles. The zero-order chi connectivity index (χ0) is 9.14. The van der Waals surface area contributed by atoms with E-state index in [0.29, 0.717) is 5.92 Å². The van der Waals surface area contributed by atoms with E-state index in [-0.39, 0.29) is 11.8 Å². The van der Waals surface area contributed by atoms with Crippen LogP contribution < -0.4 is 0 Å².